The van der Waals surface area contributed by atoms with Gasteiger partial charge < -0.3 is 15.4 Å². The molecule has 2 aliphatic rings. The van der Waals surface area contributed by atoms with E-state index in [4.69, 9.17) is 4.74 Å². The minimum atomic E-state index is -0.184. The maximum absolute atomic E-state index is 11.6. The van der Waals surface area contributed by atoms with E-state index in [9.17, 15) is 4.79 Å². The van der Waals surface area contributed by atoms with Gasteiger partial charge in [-0.25, -0.2) is 0 Å². The number of amides is 1. The number of hydrogen-bond acceptors (Lipinski definition) is 3. The van der Waals surface area contributed by atoms with Gasteiger partial charge in [0.15, 0.2) is 0 Å². The summed E-state index contributed by atoms with van der Waals surface area (Å²) in [5.41, 5.74) is 0. The van der Waals surface area contributed by atoms with Crippen molar-refractivity contribution in [3.05, 3.63) is 0 Å². The Kier molecular flexibility index (Phi) is 3.37. The number of hydrogen-bond donors (Lipinski definition) is 2. The zero-order valence-corrected chi connectivity index (χ0v) is 8.42. The fraction of sp³-hybridized carbons (Fsp3) is 0.900. The molecule has 0 aliphatic carbocycles. The number of carbonyl (C=O) groups excluding carboxylic acids is 1. The summed E-state index contributed by atoms with van der Waals surface area (Å²) in [6.45, 7) is 3.60. The van der Waals surface area contributed by atoms with Crippen LogP contribution in [0, 0.1) is 5.92 Å². The van der Waals surface area contributed by atoms with Crippen LogP contribution in [-0.4, -0.2) is 38.3 Å². The lowest BCUT2D eigenvalue weighted by molar-refractivity contribution is -0.135. The normalized spacial score (nSPS) is 28.1. The number of nitrogens with one attached hydrogen (secondary N) is 2. The molecule has 1 amide bonds. The van der Waals surface area contributed by atoms with Crippen LogP contribution >= 0.6 is 0 Å². The van der Waals surface area contributed by atoms with Gasteiger partial charge >= 0.3 is 0 Å². The molecule has 0 saturated carbocycles. The molecule has 1 atom stereocenters. The summed E-state index contributed by atoms with van der Waals surface area (Å²) in [7, 11) is 0. The van der Waals surface area contributed by atoms with Crippen LogP contribution < -0.4 is 10.6 Å². The highest BCUT2D eigenvalue weighted by Crippen LogP contribution is 2.12. The van der Waals surface area contributed by atoms with E-state index >= 15 is 0 Å². The van der Waals surface area contributed by atoms with Gasteiger partial charge in [0.05, 0.1) is 0 Å². The van der Waals surface area contributed by atoms with Gasteiger partial charge in [0.2, 0.25) is 5.91 Å². The van der Waals surface area contributed by atoms with Crippen LogP contribution in [0.15, 0.2) is 0 Å². The van der Waals surface area contributed by atoms with Crippen molar-refractivity contribution >= 4 is 5.91 Å². The molecule has 0 spiro atoms. The van der Waals surface area contributed by atoms with Crippen molar-refractivity contribution in [2.75, 3.05) is 26.2 Å². The zero-order chi connectivity index (χ0) is 9.80. The first-order chi connectivity index (χ1) is 6.86. The molecule has 1 unspecified atom stereocenters. The summed E-state index contributed by atoms with van der Waals surface area (Å²) in [4.78, 5) is 11.6. The molecule has 0 aromatic carbocycles. The monoisotopic (exact) mass is 198 g/mol. The first-order valence-corrected chi connectivity index (χ1v) is 5.46. The van der Waals surface area contributed by atoms with Gasteiger partial charge in [-0.2, -0.15) is 0 Å². The second-order valence-corrected chi connectivity index (χ2v) is 4.12. The molecule has 0 aromatic heterocycles. The maximum Gasteiger partial charge on any atom is 0.249 e. The van der Waals surface area contributed by atoms with Crippen LogP contribution in [0.3, 0.4) is 0 Å². The van der Waals surface area contributed by atoms with Crippen molar-refractivity contribution in [3.63, 3.8) is 0 Å². The largest absolute Gasteiger partial charge is 0.368 e. The van der Waals surface area contributed by atoms with Crippen molar-refractivity contribution in [3.8, 4) is 0 Å². The Morgan fingerprint density at radius 2 is 2.29 bits per heavy atom. The predicted molar refractivity (Wildman–Crippen MR) is 53.0 cm³/mol. The van der Waals surface area contributed by atoms with Crippen LogP contribution in [0.25, 0.3) is 0 Å². The van der Waals surface area contributed by atoms with E-state index in [0.717, 1.165) is 45.5 Å². The van der Waals surface area contributed by atoms with Crippen LogP contribution in [-0.2, 0) is 9.53 Å². The van der Waals surface area contributed by atoms with Gasteiger partial charge in [0.1, 0.15) is 6.10 Å². The first kappa shape index (κ1) is 9.93. The summed E-state index contributed by atoms with van der Waals surface area (Å²) in [6.07, 6.45) is 2.91. The van der Waals surface area contributed by atoms with Gasteiger partial charge in [-0.3, -0.25) is 4.79 Å². The average molecular weight is 198 g/mol. The molecule has 0 aromatic rings. The quantitative estimate of drug-likeness (QED) is 0.665. The van der Waals surface area contributed by atoms with Gasteiger partial charge in [-0.15, -0.1) is 0 Å². The van der Waals surface area contributed by atoms with Crippen molar-refractivity contribution in [1.29, 1.82) is 0 Å². The lowest BCUT2D eigenvalue weighted by atomic mass is 10.0. The Hall–Kier alpha value is -0.610. The molecule has 2 rings (SSSR count). The lowest BCUT2D eigenvalue weighted by Gasteiger charge is -2.28. The van der Waals surface area contributed by atoms with E-state index in [0.29, 0.717) is 5.92 Å². The molecule has 2 fully saturated rings. The molecule has 0 bridgehead atoms. The van der Waals surface area contributed by atoms with Crippen molar-refractivity contribution in [2.24, 2.45) is 5.92 Å². The molecule has 2 saturated heterocycles. The molecule has 14 heavy (non-hydrogen) atoms. The fourth-order valence-corrected chi connectivity index (χ4v) is 1.80. The highest BCUT2D eigenvalue weighted by Gasteiger charge is 2.23. The average Bonchev–Trinajstić information content (AvgIpc) is 2.16. The SMILES string of the molecule is O=C(NCC1CNC1)C1CCCCO1. The number of ether oxygens (including phenoxy) is 1. The number of carbonyl (C=O) groups is 1. The van der Waals surface area contributed by atoms with Gasteiger partial charge in [-0.1, -0.05) is 0 Å². The maximum atomic E-state index is 11.6. The van der Waals surface area contributed by atoms with Crippen LogP contribution in [0.4, 0.5) is 0 Å². The highest BCUT2D eigenvalue weighted by molar-refractivity contribution is 5.80. The van der Waals surface area contributed by atoms with E-state index < -0.39 is 0 Å². The second kappa shape index (κ2) is 4.75. The molecule has 0 radical (unpaired) electrons. The van der Waals surface area contributed by atoms with Gasteiger partial charge in [0.25, 0.3) is 0 Å². The van der Waals surface area contributed by atoms with E-state index in [2.05, 4.69) is 10.6 Å². The summed E-state index contributed by atoms with van der Waals surface area (Å²) >= 11 is 0. The van der Waals surface area contributed by atoms with Crippen molar-refractivity contribution in [2.45, 2.75) is 25.4 Å². The molecular formula is C10H18N2O2. The number of rotatable bonds is 3. The second-order valence-electron chi connectivity index (χ2n) is 4.12. The molecule has 2 aliphatic heterocycles. The Morgan fingerprint density at radius 3 is 2.86 bits per heavy atom. The van der Waals surface area contributed by atoms with Gasteiger partial charge in [-0.05, 0) is 19.3 Å². The standard InChI is InChI=1S/C10H18N2O2/c13-10(9-3-1-2-4-14-9)12-7-8-5-11-6-8/h8-9,11H,1-7H2,(H,12,13). The Morgan fingerprint density at radius 1 is 1.43 bits per heavy atom. The molecule has 2 heterocycles. The Balaban J connectivity index is 1.65. The zero-order valence-electron chi connectivity index (χ0n) is 8.42. The lowest BCUT2D eigenvalue weighted by Crippen LogP contribution is -2.50. The van der Waals surface area contributed by atoms with E-state index in [-0.39, 0.29) is 12.0 Å². The minimum absolute atomic E-state index is 0.0802. The molecule has 2 N–H and O–H groups in total. The first-order valence-electron chi connectivity index (χ1n) is 5.46. The third-order valence-corrected chi connectivity index (χ3v) is 2.90. The highest BCUT2D eigenvalue weighted by atomic mass is 16.5. The summed E-state index contributed by atoms with van der Waals surface area (Å²) in [5, 5.41) is 6.13. The summed E-state index contributed by atoms with van der Waals surface area (Å²) < 4.78 is 5.40. The van der Waals surface area contributed by atoms with Crippen LogP contribution in [0.2, 0.25) is 0 Å². The summed E-state index contributed by atoms with van der Waals surface area (Å²) in [5.74, 6) is 0.708. The van der Waals surface area contributed by atoms with Crippen LogP contribution in [0.5, 0.6) is 0 Å². The third kappa shape index (κ3) is 2.45. The third-order valence-electron chi connectivity index (χ3n) is 2.90. The van der Waals surface area contributed by atoms with Crippen molar-refractivity contribution in [1.82, 2.24) is 10.6 Å². The Labute approximate surface area is 84.4 Å². The fourth-order valence-electron chi connectivity index (χ4n) is 1.80. The topological polar surface area (TPSA) is 50.4 Å². The molecule has 4 heteroatoms. The van der Waals surface area contributed by atoms with Gasteiger partial charge in [0, 0.05) is 32.2 Å². The van der Waals surface area contributed by atoms with Crippen LogP contribution in [0.1, 0.15) is 19.3 Å². The molecule has 80 valence electrons. The van der Waals surface area contributed by atoms with E-state index in [1.54, 1.807) is 0 Å². The minimum Gasteiger partial charge on any atom is -0.368 e. The summed E-state index contributed by atoms with van der Waals surface area (Å²) in [6, 6.07) is 0. The molecular weight excluding hydrogens is 180 g/mol. The predicted octanol–water partition coefficient (Wildman–Crippen LogP) is -0.109. The smallest absolute Gasteiger partial charge is 0.249 e. The Bertz CT molecular complexity index is 198. The van der Waals surface area contributed by atoms with E-state index in [1.807, 2.05) is 0 Å². The van der Waals surface area contributed by atoms with Crippen molar-refractivity contribution < 1.29 is 9.53 Å². The molecule has 4 nitrogen and oxygen atoms in total. The van der Waals surface area contributed by atoms with E-state index in [1.165, 1.54) is 0 Å².